The Bertz CT molecular complexity index is 521. The molecular weight excluding hydrogens is 230 g/mol. The third-order valence-corrected chi connectivity index (χ3v) is 2.43. The van der Waals surface area contributed by atoms with Crippen molar-refractivity contribution in [3.63, 3.8) is 0 Å². The van der Waals surface area contributed by atoms with E-state index in [1.54, 1.807) is 12.3 Å². The minimum absolute atomic E-state index is 0.0660. The van der Waals surface area contributed by atoms with E-state index in [2.05, 4.69) is 20.8 Å². The van der Waals surface area contributed by atoms with Crippen molar-refractivity contribution in [2.45, 2.75) is 13.0 Å². The SMILES string of the molecule is CC(N)c1cccc(NC(=O)Nc2cn[nH]c2)c1. The van der Waals surface area contributed by atoms with Crippen LogP contribution in [0.5, 0.6) is 0 Å². The molecule has 2 amide bonds. The van der Waals surface area contributed by atoms with Crippen LogP contribution in [0.25, 0.3) is 0 Å². The maximum atomic E-state index is 11.7. The summed E-state index contributed by atoms with van der Waals surface area (Å²) in [5, 5.41) is 11.7. The van der Waals surface area contributed by atoms with E-state index in [1.165, 1.54) is 6.20 Å². The van der Waals surface area contributed by atoms with Gasteiger partial charge in [0, 0.05) is 17.9 Å². The zero-order valence-corrected chi connectivity index (χ0v) is 9.97. The van der Waals surface area contributed by atoms with Gasteiger partial charge >= 0.3 is 6.03 Å². The highest BCUT2D eigenvalue weighted by Gasteiger charge is 2.05. The standard InChI is InChI=1S/C12H15N5O/c1-8(13)9-3-2-4-10(5-9)16-12(18)17-11-6-14-15-7-11/h2-8H,13H2,1H3,(H,14,15)(H2,16,17,18). The third kappa shape index (κ3) is 3.08. The van der Waals surface area contributed by atoms with Gasteiger partial charge in [-0.05, 0) is 24.6 Å². The molecule has 0 spiro atoms. The van der Waals surface area contributed by atoms with Crippen LogP contribution in [0.15, 0.2) is 36.7 Å². The van der Waals surface area contributed by atoms with Crippen molar-refractivity contribution in [3.8, 4) is 0 Å². The van der Waals surface area contributed by atoms with Crippen molar-refractivity contribution in [2.24, 2.45) is 5.73 Å². The Hall–Kier alpha value is -2.34. The van der Waals surface area contributed by atoms with Gasteiger partial charge in [-0.1, -0.05) is 12.1 Å². The molecule has 5 N–H and O–H groups in total. The van der Waals surface area contributed by atoms with E-state index in [9.17, 15) is 4.79 Å². The Morgan fingerprint density at radius 1 is 1.39 bits per heavy atom. The summed E-state index contributed by atoms with van der Waals surface area (Å²) < 4.78 is 0. The molecule has 0 radical (unpaired) electrons. The minimum Gasteiger partial charge on any atom is -0.324 e. The lowest BCUT2D eigenvalue weighted by Crippen LogP contribution is -2.19. The number of nitrogens with zero attached hydrogens (tertiary/aromatic N) is 1. The van der Waals surface area contributed by atoms with E-state index in [0.717, 1.165) is 5.56 Å². The zero-order valence-electron chi connectivity index (χ0n) is 9.97. The van der Waals surface area contributed by atoms with Crippen LogP contribution >= 0.6 is 0 Å². The topological polar surface area (TPSA) is 95.8 Å². The van der Waals surface area contributed by atoms with Gasteiger partial charge in [-0.15, -0.1) is 0 Å². The highest BCUT2D eigenvalue weighted by molar-refractivity contribution is 5.99. The molecule has 1 atom stereocenters. The molecule has 2 aromatic rings. The number of nitrogens with one attached hydrogen (secondary N) is 3. The van der Waals surface area contributed by atoms with E-state index < -0.39 is 0 Å². The lowest BCUT2D eigenvalue weighted by atomic mass is 10.1. The molecule has 0 saturated carbocycles. The zero-order chi connectivity index (χ0) is 13.0. The molecule has 6 nitrogen and oxygen atoms in total. The number of amides is 2. The van der Waals surface area contributed by atoms with Gasteiger partial charge in [0.15, 0.2) is 0 Å². The summed E-state index contributed by atoms with van der Waals surface area (Å²) >= 11 is 0. The van der Waals surface area contributed by atoms with Gasteiger partial charge in [0.25, 0.3) is 0 Å². The van der Waals surface area contributed by atoms with Crippen LogP contribution in [0.1, 0.15) is 18.5 Å². The van der Waals surface area contributed by atoms with E-state index in [0.29, 0.717) is 11.4 Å². The first-order chi connectivity index (χ1) is 8.65. The Morgan fingerprint density at radius 3 is 2.83 bits per heavy atom. The quantitative estimate of drug-likeness (QED) is 0.666. The number of nitrogens with two attached hydrogens (primary N) is 1. The number of H-pyrrole nitrogens is 1. The normalized spacial score (nSPS) is 11.9. The van der Waals surface area contributed by atoms with Crippen molar-refractivity contribution in [1.29, 1.82) is 0 Å². The van der Waals surface area contributed by atoms with Crippen LogP contribution in [0, 0.1) is 0 Å². The van der Waals surface area contributed by atoms with Crippen LogP contribution in [-0.2, 0) is 0 Å². The Kier molecular flexibility index (Phi) is 3.59. The first-order valence-electron chi connectivity index (χ1n) is 5.57. The number of rotatable bonds is 3. The van der Waals surface area contributed by atoms with Crippen LogP contribution in [0.3, 0.4) is 0 Å². The Labute approximate surface area is 105 Å². The van der Waals surface area contributed by atoms with Crippen molar-refractivity contribution < 1.29 is 4.79 Å². The van der Waals surface area contributed by atoms with Gasteiger partial charge in [-0.25, -0.2) is 4.79 Å². The van der Waals surface area contributed by atoms with Gasteiger partial charge < -0.3 is 16.4 Å². The molecule has 94 valence electrons. The molecule has 1 heterocycles. The average Bonchev–Trinajstić information content (AvgIpc) is 2.82. The number of carbonyl (C=O) groups excluding carboxylic acids is 1. The molecule has 0 aliphatic rings. The molecule has 1 aromatic heterocycles. The molecule has 0 saturated heterocycles. The summed E-state index contributed by atoms with van der Waals surface area (Å²) in [4.78, 5) is 11.7. The Morgan fingerprint density at radius 2 is 2.17 bits per heavy atom. The van der Waals surface area contributed by atoms with Gasteiger partial charge in [0.2, 0.25) is 0 Å². The highest BCUT2D eigenvalue weighted by Crippen LogP contribution is 2.15. The fourth-order valence-electron chi connectivity index (χ4n) is 1.51. The summed E-state index contributed by atoms with van der Waals surface area (Å²) in [5.74, 6) is 0. The molecule has 6 heteroatoms. The number of aromatic amines is 1. The lowest BCUT2D eigenvalue weighted by molar-refractivity contribution is 0.262. The monoisotopic (exact) mass is 245 g/mol. The molecule has 1 aromatic carbocycles. The number of carbonyl (C=O) groups is 1. The predicted molar refractivity (Wildman–Crippen MR) is 70.3 cm³/mol. The Balaban J connectivity index is 2.00. The molecule has 0 bridgehead atoms. The fraction of sp³-hybridized carbons (Fsp3) is 0.167. The van der Waals surface area contributed by atoms with Crippen molar-refractivity contribution in [3.05, 3.63) is 42.2 Å². The second kappa shape index (κ2) is 5.33. The molecule has 0 fully saturated rings. The van der Waals surface area contributed by atoms with E-state index >= 15 is 0 Å². The van der Waals surface area contributed by atoms with Gasteiger partial charge in [-0.2, -0.15) is 5.10 Å². The first-order valence-corrected chi connectivity index (χ1v) is 5.57. The summed E-state index contributed by atoms with van der Waals surface area (Å²) in [6.45, 7) is 1.89. The van der Waals surface area contributed by atoms with Gasteiger partial charge in [0.05, 0.1) is 11.9 Å². The maximum absolute atomic E-state index is 11.7. The van der Waals surface area contributed by atoms with Crippen LogP contribution in [-0.4, -0.2) is 16.2 Å². The van der Waals surface area contributed by atoms with Crippen molar-refractivity contribution in [2.75, 3.05) is 10.6 Å². The summed E-state index contributed by atoms with van der Waals surface area (Å²) in [6, 6.07) is 7.04. The second-order valence-electron chi connectivity index (χ2n) is 3.98. The maximum Gasteiger partial charge on any atom is 0.323 e. The molecule has 0 aliphatic carbocycles. The second-order valence-corrected chi connectivity index (χ2v) is 3.98. The van der Waals surface area contributed by atoms with Crippen molar-refractivity contribution >= 4 is 17.4 Å². The minimum atomic E-state index is -0.321. The molecule has 18 heavy (non-hydrogen) atoms. The number of aromatic nitrogens is 2. The largest absolute Gasteiger partial charge is 0.324 e. The fourth-order valence-corrected chi connectivity index (χ4v) is 1.51. The van der Waals surface area contributed by atoms with Crippen molar-refractivity contribution in [1.82, 2.24) is 10.2 Å². The van der Waals surface area contributed by atoms with Crippen LogP contribution in [0.2, 0.25) is 0 Å². The van der Waals surface area contributed by atoms with E-state index in [-0.39, 0.29) is 12.1 Å². The highest BCUT2D eigenvalue weighted by atomic mass is 16.2. The molecular formula is C12H15N5O. The summed E-state index contributed by atoms with van der Waals surface area (Å²) in [5.41, 5.74) is 8.06. The summed E-state index contributed by atoms with van der Waals surface area (Å²) in [7, 11) is 0. The molecule has 2 rings (SSSR count). The van der Waals surface area contributed by atoms with Crippen LogP contribution < -0.4 is 16.4 Å². The summed E-state index contributed by atoms with van der Waals surface area (Å²) in [6.07, 6.45) is 3.12. The first kappa shape index (κ1) is 12.1. The lowest BCUT2D eigenvalue weighted by Gasteiger charge is -2.09. The number of anilines is 2. The predicted octanol–water partition coefficient (Wildman–Crippen LogP) is 2.07. The molecule has 1 unspecified atom stereocenters. The number of hydrogen-bond donors (Lipinski definition) is 4. The van der Waals surface area contributed by atoms with E-state index in [4.69, 9.17) is 5.73 Å². The average molecular weight is 245 g/mol. The number of hydrogen-bond acceptors (Lipinski definition) is 3. The molecule has 0 aliphatic heterocycles. The van der Waals surface area contributed by atoms with E-state index in [1.807, 2.05) is 25.1 Å². The number of urea groups is 1. The van der Waals surface area contributed by atoms with Gasteiger partial charge in [-0.3, -0.25) is 5.10 Å². The smallest absolute Gasteiger partial charge is 0.323 e. The van der Waals surface area contributed by atoms with Gasteiger partial charge in [0.1, 0.15) is 0 Å². The third-order valence-electron chi connectivity index (χ3n) is 2.43. The number of benzene rings is 1. The van der Waals surface area contributed by atoms with Crippen LogP contribution in [0.4, 0.5) is 16.2 Å².